The summed E-state index contributed by atoms with van der Waals surface area (Å²) in [6.07, 6.45) is 1.64. The maximum absolute atomic E-state index is 11.5. The molecule has 3 nitrogen and oxygen atoms in total. The third-order valence-corrected chi connectivity index (χ3v) is 2.48. The highest BCUT2D eigenvalue weighted by Gasteiger charge is 2.16. The molecule has 16 heavy (non-hydrogen) atoms. The number of ether oxygens (including phenoxy) is 1. The fraction of sp³-hybridized carbons (Fsp3) is 0.462. The van der Waals surface area contributed by atoms with Crippen molar-refractivity contribution in [3.05, 3.63) is 35.9 Å². The second-order valence-corrected chi connectivity index (χ2v) is 3.62. The van der Waals surface area contributed by atoms with Crippen LogP contribution in [-0.2, 0) is 16.0 Å². The van der Waals surface area contributed by atoms with Crippen molar-refractivity contribution in [2.45, 2.75) is 25.8 Å². The summed E-state index contributed by atoms with van der Waals surface area (Å²) in [6.45, 7) is 2.25. The Balaban J connectivity index is 2.43. The van der Waals surface area contributed by atoms with Crippen LogP contribution < -0.4 is 5.32 Å². The van der Waals surface area contributed by atoms with Crippen LogP contribution in [0.4, 0.5) is 0 Å². The number of esters is 1. The Morgan fingerprint density at radius 1 is 1.38 bits per heavy atom. The molecule has 1 unspecified atom stereocenters. The van der Waals surface area contributed by atoms with E-state index >= 15 is 0 Å². The van der Waals surface area contributed by atoms with Crippen LogP contribution in [0.2, 0.25) is 0 Å². The summed E-state index contributed by atoms with van der Waals surface area (Å²) in [6, 6.07) is 9.93. The molecule has 0 spiro atoms. The number of benzene rings is 1. The summed E-state index contributed by atoms with van der Waals surface area (Å²) in [5, 5.41) is 2.98. The van der Waals surface area contributed by atoms with Gasteiger partial charge in [0.15, 0.2) is 0 Å². The fourth-order valence-electron chi connectivity index (χ4n) is 1.58. The second kappa shape index (κ2) is 7.01. The smallest absolute Gasteiger partial charge is 0.323 e. The third-order valence-electron chi connectivity index (χ3n) is 2.48. The second-order valence-electron chi connectivity index (χ2n) is 3.62. The van der Waals surface area contributed by atoms with Crippen LogP contribution in [0.3, 0.4) is 0 Å². The van der Waals surface area contributed by atoms with Gasteiger partial charge in [-0.15, -0.1) is 0 Å². The van der Waals surface area contributed by atoms with E-state index < -0.39 is 0 Å². The first-order valence-corrected chi connectivity index (χ1v) is 5.65. The lowest BCUT2D eigenvalue weighted by Gasteiger charge is -2.14. The Morgan fingerprint density at radius 3 is 2.62 bits per heavy atom. The normalized spacial score (nSPS) is 12.1. The molecule has 0 aliphatic carbocycles. The molecule has 0 saturated heterocycles. The number of nitrogens with one attached hydrogen (secondary N) is 1. The minimum atomic E-state index is -0.208. The van der Waals surface area contributed by atoms with Crippen molar-refractivity contribution in [2.75, 3.05) is 13.7 Å². The molecular formula is C13H19NO2. The highest BCUT2D eigenvalue weighted by atomic mass is 16.5. The molecule has 3 heteroatoms. The summed E-state index contributed by atoms with van der Waals surface area (Å²) >= 11 is 0. The molecule has 0 radical (unpaired) electrons. The number of carbonyl (C=O) groups is 1. The molecule has 0 saturated carbocycles. The average Bonchev–Trinajstić information content (AvgIpc) is 2.31. The van der Waals surface area contributed by atoms with Crippen LogP contribution in [0.25, 0.3) is 0 Å². The van der Waals surface area contributed by atoms with Crippen molar-refractivity contribution in [3.63, 3.8) is 0 Å². The van der Waals surface area contributed by atoms with Gasteiger partial charge in [-0.2, -0.15) is 0 Å². The summed E-state index contributed by atoms with van der Waals surface area (Å²) in [4.78, 5) is 11.5. The lowest BCUT2D eigenvalue weighted by atomic mass is 10.1. The molecule has 0 bridgehead atoms. The maximum Gasteiger partial charge on any atom is 0.323 e. The molecule has 0 heterocycles. The maximum atomic E-state index is 11.5. The van der Waals surface area contributed by atoms with Crippen molar-refractivity contribution in [1.82, 2.24) is 5.32 Å². The summed E-state index contributed by atoms with van der Waals surface area (Å²) in [5.74, 6) is -0.166. The first-order chi connectivity index (χ1) is 7.77. The minimum Gasteiger partial charge on any atom is -0.465 e. The lowest BCUT2D eigenvalue weighted by Crippen LogP contribution is -2.35. The van der Waals surface area contributed by atoms with Gasteiger partial charge in [-0.05, 0) is 32.4 Å². The summed E-state index contributed by atoms with van der Waals surface area (Å²) in [7, 11) is 1.78. The van der Waals surface area contributed by atoms with Crippen LogP contribution >= 0.6 is 0 Å². The minimum absolute atomic E-state index is 0.166. The van der Waals surface area contributed by atoms with Gasteiger partial charge < -0.3 is 10.1 Å². The van der Waals surface area contributed by atoms with E-state index in [1.165, 1.54) is 5.56 Å². The summed E-state index contributed by atoms with van der Waals surface area (Å²) < 4.78 is 4.98. The molecule has 1 aromatic rings. The molecule has 0 aliphatic rings. The van der Waals surface area contributed by atoms with E-state index in [2.05, 4.69) is 17.4 Å². The van der Waals surface area contributed by atoms with Gasteiger partial charge in [0.05, 0.1) is 6.61 Å². The number of aryl methyl sites for hydroxylation is 1. The van der Waals surface area contributed by atoms with Crippen molar-refractivity contribution < 1.29 is 9.53 Å². The number of hydrogen-bond donors (Lipinski definition) is 1. The van der Waals surface area contributed by atoms with E-state index in [0.717, 1.165) is 12.8 Å². The zero-order valence-electron chi connectivity index (χ0n) is 9.90. The van der Waals surface area contributed by atoms with Crippen LogP contribution in [0.1, 0.15) is 18.9 Å². The quantitative estimate of drug-likeness (QED) is 0.744. The molecule has 0 amide bonds. The molecule has 1 aromatic carbocycles. The zero-order chi connectivity index (χ0) is 11.8. The highest BCUT2D eigenvalue weighted by molar-refractivity contribution is 5.75. The fourth-order valence-corrected chi connectivity index (χ4v) is 1.58. The molecule has 1 atom stereocenters. The Labute approximate surface area is 96.8 Å². The van der Waals surface area contributed by atoms with Gasteiger partial charge in [0.1, 0.15) is 6.04 Å². The first-order valence-electron chi connectivity index (χ1n) is 5.65. The van der Waals surface area contributed by atoms with Gasteiger partial charge in [-0.25, -0.2) is 0 Å². The summed E-state index contributed by atoms with van der Waals surface area (Å²) in [5.41, 5.74) is 1.24. The monoisotopic (exact) mass is 221 g/mol. The molecule has 1 rings (SSSR count). The SMILES string of the molecule is CCOC(=O)C(CCc1ccccc1)NC. The third kappa shape index (κ3) is 4.03. The number of hydrogen-bond acceptors (Lipinski definition) is 3. The Bertz CT molecular complexity index is 311. The van der Waals surface area contributed by atoms with Crippen molar-refractivity contribution in [2.24, 2.45) is 0 Å². The molecular weight excluding hydrogens is 202 g/mol. The highest BCUT2D eigenvalue weighted by Crippen LogP contribution is 2.05. The van der Waals surface area contributed by atoms with Gasteiger partial charge in [0.25, 0.3) is 0 Å². The van der Waals surface area contributed by atoms with Crippen molar-refractivity contribution in [3.8, 4) is 0 Å². The van der Waals surface area contributed by atoms with Gasteiger partial charge in [0, 0.05) is 0 Å². The van der Waals surface area contributed by atoms with E-state index in [0.29, 0.717) is 6.61 Å². The van der Waals surface area contributed by atoms with Crippen LogP contribution in [-0.4, -0.2) is 25.7 Å². The van der Waals surface area contributed by atoms with E-state index in [4.69, 9.17) is 4.74 Å². The number of likely N-dealkylation sites (N-methyl/N-ethyl adjacent to an activating group) is 1. The van der Waals surface area contributed by atoms with E-state index in [1.807, 2.05) is 25.1 Å². The topological polar surface area (TPSA) is 38.3 Å². The standard InChI is InChI=1S/C13H19NO2/c1-3-16-13(15)12(14-2)10-9-11-7-5-4-6-8-11/h4-8,12,14H,3,9-10H2,1-2H3. The van der Waals surface area contributed by atoms with E-state index in [-0.39, 0.29) is 12.0 Å². The largest absolute Gasteiger partial charge is 0.465 e. The molecule has 88 valence electrons. The van der Waals surface area contributed by atoms with Gasteiger partial charge in [-0.1, -0.05) is 30.3 Å². The van der Waals surface area contributed by atoms with Crippen LogP contribution in [0.15, 0.2) is 30.3 Å². The van der Waals surface area contributed by atoms with Crippen molar-refractivity contribution in [1.29, 1.82) is 0 Å². The molecule has 0 aromatic heterocycles. The Hall–Kier alpha value is -1.35. The number of rotatable bonds is 6. The lowest BCUT2D eigenvalue weighted by molar-refractivity contribution is -0.145. The van der Waals surface area contributed by atoms with Gasteiger partial charge in [-0.3, -0.25) is 4.79 Å². The number of carbonyl (C=O) groups excluding carboxylic acids is 1. The zero-order valence-corrected chi connectivity index (χ0v) is 9.90. The predicted octanol–water partition coefficient (Wildman–Crippen LogP) is 1.77. The van der Waals surface area contributed by atoms with Gasteiger partial charge >= 0.3 is 5.97 Å². The van der Waals surface area contributed by atoms with Crippen LogP contribution in [0.5, 0.6) is 0 Å². The molecule has 0 aliphatic heterocycles. The van der Waals surface area contributed by atoms with E-state index in [9.17, 15) is 4.79 Å². The Morgan fingerprint density at radius 2 is 2.06 bits per heavy atom. The first kappa shape index (κ1) is 12.7. The predicted molar refractivity (Wildman–Crippen MR) is 64.2 cm³/mol. The van der Waals surface area contributed by atoms with E-state index in [1.54, 1.807) is 7.05 Å². The average molecular weight is 221 g/mol. The molecule has 0 fully saturated rings. The van der Waals surface area contributed by atoms with Crippen molar-refractivity contribution >= 4 is 5.97 Å². The van der Waals surface area contributed by atoms with Gasteiger partial charge in [0.2, 0.25) is 0 Å². The molecule has 1 N–H and O–H groups in total. The Kier molecular flexibility index (Phi) is 5.57. The van der Waals surface area contributed by atoms with Crippen LogP contribution in [0, 0.1) is 0 Å².